The highest BCUT2D eigenvalue weighted by Crippen LogP contribution is 2.01. The molecule has 1 amide bonds. The first-order valence-corrected chi connectivity index (χ1v) is 4.29. The van der Waals surface area contributed by atoms with E-state index in [0.717, 1.165) is 5.56 Å². The summed E-state index contributed by atoms with van der Waals surface area (Å²) in [6.45, 7) is 0. The van der Waals surface area contributed by atoms with Gasteiger partial charge in [-0.05, 0) is 11.6 Å². The van der Waals surface area contributed by atoms with Gasteiger partial charge in [0.15, 0.2) is 0 Å². The Hall–Kier alpha value is -1.61. The van der Waals surface area contributed by atoms with Gasteiger partial charge in [0.05, 0.1) is 7.11 Å². The molecule has 0 radical (unpaired) electrons. The minimum atomic E-state index is -0.184. The zero-order valence-electron chi connectivity index (χ0n) is 8.31. The summed E-state index contributed by atoms with van der Waals surface area (Å²) in [7, 11) is 3.02. The molecule has 0 fully saturated rings. The van der Waals surface area contributed by atoms with Crippen molar-refractivity contribution in [1.29, 1.82) is 0 Å². The Morgan fingerprint density at radius 3 is 2.57 bits per heavy atom. The highest BCUT2D eigenvalue weighted by atomic mass is 16.7. The van der Waals surface area contributed by atoms with E-state index in [2.05, 4.69) is 0 Å². The molecule has 0 saturated carbocycles. The number of carbonyl (C=O) groups excluding carboxylic acids is 1. The van der Waals surface area contributed by atoms with E-state index in [0.29, 0.717) is 0 Å². The Kier molecular flexibility index (Phi) is 3.88. The summed E-state index contributed by atoms with van der Waals surface area (Å²) in [6.07, 6.45) is 3.22. The molecule has 1 aromatic carbocycles. The van der Waals surface area contributed by atoms with Gasteiger partial charge in [-0.3, -0.25) is 9.63 Å². The summed E-state index contributed by atoms with van der Waals surface area (Å²) in [4.78, 5) is 16.0. The highest BCUT2D eigenvalue weighted by molar-refractivity contribution is 5.90. The maximum atomic E-state index is 11.3. The topological polar surface area (TPSA) is 29.5 Å². The van der Waals surface area contributed by atoms with Gasteiger partial charge in [0, 0.05) is 13.1 Å². The van der Waals surface area contributed by atoms with Gasteiger partial charge in [-0.15, -0.1) is 0 Å². The summed E-state index contributed by atoms with van der Waals surface area (Å²) >= 11 is 0. The van der Waals surface area contributed by atoms with Gasteiger partial charge >= 0.3 is 0 Å². The van der Waals surface area contributed by atoms with Crippen molar-refractivity contribution in [2.24, 2.45) is 0 Å². The first kappa shape index (κ1) is 10.5. The maximum Gasteiger partial charge on any atom is 0.269 e. The molecular weight excluding hydrogens is 178 g/mol. The first-order chi connectivity index (χ1) is 6.74. The number of nitrogens with zero attached hydrogens (tertiary/aromatic N) is 1. The number of benzene rings is 1. The van der Waals surface area contributed by atoms with Crippen LogP contribution in [0.4, 0.5) is 0 Å². The van der Waals surface area contributed by atoms with E-state index in [1.165, 1.54) is 18.2 Å². The lowest BCUT2D eigenvalue weighted by atomic mass is 10.2. The molecule has 0 unspecified atom stereocenters. The molecule has 0 saturated heterocycles. The van der Waals surface area contributed by atoms with Gasteiger partial charge in [0.2, 0.25) is 0 Å². The Balaban J connectivity index is 2.61. The van der Waals surface area contributed by atoms with Crippen molar-refractivity contribution >= 4 is 12.0 Å². The number of rotatable bonds is 3. The number of likely N-dealkylation sites (N-methyl/N-ethyl adjacent to an activating group) is 1. The van der Waals surface area contributed by atoms with Crippen LogP contribution in [0.5, 0.6) is 0 Å². The Labute approximate surface area is 83.6 Å². The summed E-state index contributed by atoms with van der Waals surface area (Å²) in [6, 6.07) is 9.63. The molecule has 0 heterocycles. The van der Waals surface area contributed by atoms with E-state index >= 15 is 0 Å². The lowest BCUT2D eigenvalue weighted by Gasteiger charge is -2.09. The SMILES string of the molecule is CON(C)C(=O)C=Cc1ccccc1. The predicted octanol–water partition coefficient (Wildman–Crippen LogP) is 1.72. The summed E-state index contributed by atoms with van der Waals surface area (Å²) in [5.41, 5.74) is 0.991. The van der Waals surface area contributed by atoms with Crippen molar-refractivity contribution < 1.29 is 9.63 Å². The molecule has 14 heavy (non-hydrogen) atoms. The van der Waals surface area contributed by atoms with Crippen molar-refractivity contribution in [3.8, 4) is 0 Å². The molecule has 0 atom stereocenters. The molecule has 3 nitrogen and oxygen atoms in total. The van der Waals surface area contributed by atoms with Crippen LogP contribution in [0.15, 0.2) is 36.4 Å². The highest BCUT2D eigenvalue weighted by Gasteiger charge is 2.01. The van der Waals surface area contributed by atoms with E-state index in [1.54, 1.807) is 13.1 Å². The number of hydrogen-bond acceptors (Lipinski definition) is 2. The Bertz CT molecular complexity index is 319. The fraction of sp³-hybridized carbons (Fsp3) is 0.182. The minimum Gasteiger partial charge on any atom is -0.274 e. The van der Waals surface area contributed by atoms with Crippen LogP contribution >= 0.6 is 0 Å². The largest absolute Gasteiger partial charge is 0.274 e. The van der Waals surface area contributed by atoms with Gasteiger partial charge < -0.3 is 0 Å². The predicted molar refractivity (Wildman–Crippen MR) is 55.3 cm³/mol. The molecule has 0 aliphatic heterocycles. The zero-order chi connectivity index (χ0) is 10.4. The van der Waals surface area contributed by atoms with E-state index in [9.17, 15) is 4.79 Å². The standard InChI is InChI=1S/C11H13NO2/c1-12(14-2)11(13)9-8-10-6-4-3-5-7-10/h3-9H,1-2H3. The normalized spacial score (nSPS) is 10.4. The second kappa shape index (κ2) is 5.19. The van der Waals surface area contributed by atoms with E-state index in [1.807, 2.05) is 30.3 Å². The van der Waals surface area contributed by atoms with E-state index < -0.39 is 0 Å². The molecule has 0 aromatic heterocycles. The first-order valence-electron chi connectivity index (χ1n) is 4.29. The average molecular weight is 191 g/mol. The Morgan fingerprint density at radius 2 is 2.00 bits per heavy atom. The molecular formula is C11H13NO2. The van der Waals surface area contributed by atoms with Crippen LogP contribution in [0.25, 0.3) is 6.08 Å². The lowest BCUT2D eigenvalue weighted by Crippen LogP contribution is -2.22. The molecule has 1 aromatic rings. The smallest absolute Gasteiger partial charge is 0.269 e. The van der Waals surface area contributed by atoms with Crippen LogP contribution in [0.3, 0.4) is 0 Å². The molecule has 0 spiro atoms. The van der Waals surface area contributed by atoms with Crippen LogP contribution < -0.4 is 0 Å². The van der Waals surface area contributed by atoms with E-state index in [-0.39, 0.29) is 5.91 Å². The second-order valence-electron chi connectivity index (χ2n) is 2.76. The van der Waals surface area contributed by atoms with Gasteiger partial charge in [-0.1, -0.05) is 30.3 Å². The van der Waals surface area contributed by atoms with Gasteiger partial charge in [-0.25, -0.2) is 5.06 Å². The fourth-order valence-electron chi connectivity index (χ4n) is 0.927. The molecule has 1 rings (SSSR count). The second-order valence-corrected chi connectivity index (χ2v) is 2.76. The van der Waals surface area contributed by atoms with Crippen molar-refractivity contribution in [2.75, 3.05) is 14.2 Å². The summed E-state index contributed by atoms with van der Waals surface area (Å²) in [5, 5.41) is 1.17. The van der Waals surface area contributed by atoms with Gasteiger partial charge in [0.1, 0.15) is 0 Å². The monoisotopic (exact) mass is 191 g/mol. The quantitative estimate of drug-likeness (QED) is 0.537. The van der Waals surface area contributed by atoms with Crippen molar-refractivity contribution in [2.45, 2.75) is 0 Å². The molecule has 0 N–H and O–H groups in total. The van der Waals surface area contributed by atoms with Crippen LogP contribution in [-0.4, -0.2) is 25.1 Å². The molecule has 3 heteroatoms. The zero-order valence-corrected chi connectivity index (χ0v) is 8.31. The number of carbonyl (C=O) groups is 1. The maximum absolute atomic E-state index is 11.3. The van der Waals surface area contributed by atoms with Crippen LogP contribution in [0.1, 0.15) is 5.56 Å². The van der Waals surface area contributed by atoms with Crippen LogP contribution in [0, 0.1) is 0 Å². The number of hydrogen-bond donors (Lipinski definition) is 0. The van der Waals surface area contributed by atoms with Crippen molar-refractivity contribution in [1.82, 2.24) is 5.06 Å². The number of hydroxylamine groups is 2. The fourth-order valence-corrected chi connectivity index (χ4v) is 0.927. The Morgan fingerprint density at radius 1 is 1.36 bits per heavy atom. The third-order valence-electron chi connectivity index (χ3n) is 1.80. The van der Waals surface area contributed by atoms with Crippen molar-refractivity contribution in [3.63, 3.8) is 0 Å². The van der Waals surface area contributed by atoms with Gasteiger partial charge in [-0.2, -0.15) is 0 Å². The summed E-state index contributed by atoms with van der Waals surface area (Å²) in [5.74, 6) is -0.184. The van der Waals surface area contributed by atoms with Crippen LogP contribution in [-0.2, 0) is 9.63 Å². The van der Waals surface area contributed by atoms with Crippen molar-refractivity contribution in [3.05, 3.63) is 42.0 Å². The van der Waals surface area contributed by atoms with Crippen LogP contribution in [0.2, 0.25) is 0 Å². The third-order valence-corrected chi connectivity index (χ3v) is 1.80. The molecule has 0 aliphatic rings. The van der Waals surface area contributed by atoms with Gasteiger partial charge in [0.25, 0.3) is 5.91 Å². The van der Waals surface area contributed by atoms with E-state index in [4.69, 9.17) is 4.84 Å². The average Bonchev–Trinajstić information content (AvgIpc) is 2.26. The third kappa shape index (κ3) is 3.03. The minimum absolute atomic E-state index is 0.184. The number of amides is 1. The lowest BCUT2D eigenvalue weighted by molar-refractivity contribution is -0.162. The molecule has 0 aliphatic carbocycles. The molecule has 74 valence electrons. The molecule has 0 bridgehead atoms. The summed E-state index contributed by atoms with van der Waals surface area (Å²) < 4.78 is 0.